The van der Waals surface area contributed by atoms with Gasteiger partial charge < -0.3 is 14.9 Å². The zero-order valence-corrected chi connectivity index (χ0v) is 31.0. The molecule has 3 nitrogen and oxygen atoms in total. The predicted octanol–water partition coefficient (Wildman–Crippen LogP) is 13.1. The van der Waals surface area contributed by atoms with Crippen LogP contribution in [0.2, 0.25) is 0 Å². The second kappa shape index (κ2) is 14.9. The van der Waals surface area contributed by atoms with Crippen molar-refractivity contribution in [3.05, 3.63) is 191 Å². The number of nitrogens with zero attached hydrogens (tertiary/aromatic N) is 2. The number of para-hydroxylation sites is 1. The van der Waals surface area contributed by atoms with E-state index in [1.807, 2.05) is 0 Å². The van der Waals surface area contributed by atoms with E-state index in [1.54, 1.807) is 0 Å². The van der Waals surface area contributed by atoms with Crippen LogP contribution in [-0.4, -0.2) is 9.13 Å². The molecule has 53 heavy (non-hydrogen) atoms. The molecule has 2 heterocycles. The summed E-state index contributed by atoms with van der Waals surface area (Å²) >= 11 is 0. The van der Waals surface area contributed by atoms with Crippen molar-refractivity contribution in [1.29, 1.82) is 0 Å². The van der Waals surface area contributed by atoms with Crippen LogP contribution in [0.5, 0.6) is 0 Å². The maximum absolute atomic E-state index is 6.92. The molecule has 4 aromatic carbocycles. The van der Waals surface area contributed by atoms with Crippen LogP contribution >= 0.6 is 0 Å². The van der Waals surface area contributed by atoms with Crippen LogP contribution in [0.25, 0.3) is 55.7 Å². The van der Waals surface area contributed by atoms with Gasteiger partial charge in [-0.2, -0.15) is 0 Å². The summed E-state index contributed by atoms with van der Waals surface area (Å²) in [5, 5.41) is 3.76. The van der Waals surface area contributed by atoms with Crippen molar-refractivity contribution in [3.8, 4) is 5.69 Å². The van der Waals surface area contributed by atoms with E-state index in [9.17, 15) is 0 Å². The standard InChI is InChI=1S/C50H47N3/c1-4-19-43-36(3)52(50-44(43)30-31-48-49(50)45-28-16-17-29-47(45)53(48)41-25-14-7-8-15-26-41)42-27-18-24-39(33-42)40(32-35(2)37-20-12-9-13-21-37)34-46(51)38-22-10-5-6-11-23-38/h4,7-10,12-14,16-35H,5-6,11,15,51H2,1-3H3/b19-4-,40-32+,46-34-. The summed E-state index contributed by atoms with van der Waals surface area (Å²) in [6.45, 7) is 6.63. The van der Waals surface area contributed by atoms with Gasteiger partial charge in [0.05, 0.1) is 16.6 Å². The number of rotatable bonds is 8. The monoisotopic (exact) mass is 689 g/mol. The van der Waals surface area contributed by atoms with E-state index in [4.69, 9.17) is 5.73 Å². The minimum atomic E-state index is 0.196. The quantitative estimate of drug-likeness (QED) is 0.159. The molecule has 8 rings (SSSR count). The van der Waals surface area contributed by atoms with Crippen LogP contribution in [0.15, 0.2) is 169 Å². The van der Waals surface area contributed by atoms with Gasteiger partial charge in [-0.1, -0.05) is 134 Å². The molecule has 6 aromatic rings. The Balaban J connectivity index is 1.37. The van der Waals surface area contributed by atoms with Crippen molar-refractivity contribution in [2.24, 2.45) is 5.73 Å². The number of aromatic nitrogens is 2. The summed E-state index contributed by atoms with van der Waals surface area (Å²) in [5.41, 5.74) is 20.8. The summed E-state index contributed by atoms with van der Waals surface area (Å²) in [4.78, 5) is 0. The average molecular weight is 690 g/mol. The van der Waals surface area contributed by atoms with E-state index in [1.165, 1.54) is 55.2 Å². The Morgan fingerprint density at radius 1 is 0.792 bits per heavy atom. The van der Waals surface area contributed by atoms with Crippen molar-refractivity contribution >= 4 is 50.1 Å². The van der Waals surface area contributed by atoms with Crippen molar-refractivity contribution < 1.29 is 0 Å². The molecule has 0 spiro atoms. The molecule has 0 amide bonds. The van der Waals surface area contributed by atoms with Gasteiger partial charge >= 0.3 is 0 Å². The van der Waals surface area contributed by atoms with Crippen LogP contribution < -0.4 is 5.73 Å². The SMILES string of the molecule is C/C=C\c1c(C)n(-c2cccc(C(/C=C(\N)C3=CCCCC=C3)=C/C(C)c3ccccc3)c2)c2c1ccc1c2c2ccccc2n1C1=CCC=CC=C1. The largest absolute Gasteiger partial charge is 0.398 e. The van der Waals surface area contributed by atoms with E-state index in [0.29, 0.717) is 0 Å². The van der Waals surface area contributed by atoms with Crippen LogP contribution in [0, 0.1) is 6.92 Å². The Morgan fingerprint density at radius 2 is 1.64 bits per heavy atom. The summed E-state index contributed by atoms with van der Waals surface area (Å²) in [5.74, 6) is 0.196. The Morgan fingerprint density at radius 3 is 2.51 bits per heavy atom. The molecule has 262 valence electrons. The van der Waals surface area contributed by atoms with Gasteiger partial charge in [0.15, 0.2) is 0 Å². The van der Waals surface area contributed by atoms with Gasteiger partial charge in [-0.05, 0) is 104 Å². The van der Waals surface area contributed by atoms with Crippen LogP contribution in [-0.2, 0) is 0 Å². The van der Waals surface area contributed by atoms with Gasteiger partial charge in [0.25, 0.3) is 0 Å². The lowest BCUT2D eigenvalue weighted by atomic mass is 9.94. The maximum atomic E-state index is 6.92. The second-order valence-electron chi connectivity index (χ2n) is 14.2. The fourth-order valence-electron chi connectivity index (χ4n) is 8.10. The molecule has 0 saturated carbocycles. The Labute approximate surface area is 313 Å². The van der Waals surface area contributed by atoms with Gasteiger partial charge in [0, 0.05) is 44.5 Å². The highest BCUT2D eigenvalue weighted by Crippen LogP contribution is 2.42. The Hall–Kier alpha value is -6.06. The molecule has 2 aliphatic carbocycles. The number of nitrogens with two attached hydrogens (primary N) is 1. The molecule has 0 aliphatic heterocycles. The van der Waals surface area contributed by atoms with Crippen LogP contribution in [0.3, 0.4) is 0 Å². The predicted molar refractivity (Wildman–Crippen MR) is 229 cm³/mol. The smallest absolute Gasteiger partial charge is 0.0637 e. The first-order valence-electron chi connectivity index (χ1n) is 19.0. The second-order valence-corrected chi connectivity index (χ2v) is 14.2. The highest BCUT2D eigenvalue weighted by molar-refractivity contribution is 6.22. The molecule has 0 saturated heterocycles. The first kappa shape index (κ1) is 34.0. The number of fused-ring (bicyclic) bond motifs is 5. The maximum Gasteiger partial charge on any atom is 0.0637 e. The number of allylic oxidation sites excluding steroid dienone is 13. The van der Waals surface area contributed by atoms with Gasteiger partial charge in [-0.3, -0.25) is 0 Å². The minimum Gasteiger partial charge on any atom is -0.398 e. The fourth-order valence-corrected chi connectivity index (χ4v) is 8.10. The van der Waals surface area contributed by atoms with Crippen LogP contribution in [0.4, 0.5) is 0 Å². The van der Waals surface area contributed by atoms with Crippen molar-refractivity contribution in [3.63, 3.8) is 0 Å². The van der Waals surface area contributed by atoms with Crippen molar-refractivity contribution in [2.45, 2.75) is 52.4 Å². The van der Waals surface area contributed by atoms with E-state index in [0.717, 1.165) is 53.8 Å². The normalized spacial score (nSPS) is 16.1. The lowest BCUT2D eigenvalue weighted by Gasteiger charge is -2.15. The molecule has 0 radical (unpaired) electrons. The topological polar surface area (TPSA) is 35.9 Å². The van der Waals surface area contributed by atoms with Gasteiger partial charge in [-0.25, -0.2) is 0 Å². The Kier molecular flexibility index (Phi) is 9.57. The van der Waals surface area contributed by atoms with Gasteiger partial charge in [0.1, 0.15) is 0 Å². The highest BCUT2D eigenvalue weighted by Gasteiger charge is 2.22. The molecule has 2 aromatic heterocycles. The van der Waals surface area contributed by atoms with E-state index in [2.05, 4.69) is 194 Å². The molecular weight excluding hydrogens is 643 g/mol. The fraction of sp³-hybridized carbons (Fsp3) is 0.160. The average Bonchev–Trinajstić information content (AvgIpc) is 3.38. The highest BCUT2D eigenvalue weighted by atomic mass is 15.0. The van der Waals surface area contributed by atoms with Gasteiger partial charge in [0.2, 0.25) is 0 Å². The zero-order valence-electron chi connectivity index (χ0n) is 31.0. The summed E-state index contributed by atoms with van der Waals surface area (Å²) < 4.78 is 4.91. The summed E-state index contributed by atoms with van der Waals surface area (Å²) in [7, 11) is 0. The molecule has 3 heteroatoms. The third-order valence-corrected chi connectivity index (χ3v) is 10.7. The molecular formula is C50H47N3. The van der Waals surface area contributed by atoms with Crippen molar-refractivity contribution in [1.82, 2.24) is 9.13 Å². The van der Waals surface area contributed by atoms with Crippen LogP contribution in [0.1, 0.15) is 67.8 Å². The third kappa shape index (κ3) is 6.49. The number of hydrogen-bond donors (Lipinski definition) is 1. The zero-order chi connectivity index (χ0) is 36.3. The summed E-state index contributed by atoms with van der Waals surface area (Å²) in [6.07, 6.45) is 30.9. The lowest BCUT2D eigenvalue weighted by molar-refractivity contribution is 0.874. The Bertz CT molecular complexity index is 2590. The molecule has 0 bridgehead atoms. The summed E-state index contributed by atoms with van der Waals surface area (Å²) in [6, 6.07) is 33.2. The van der Waals surface area contributed by atoms with Crippen molar-refractivity contribution in [2.75, 3.05) is 0 Å². The van der Waals surface area contributed by atoms with E-state index >= 15 is 0 Å². The molecule has 1 atom stereocenters. The van der Waals surface area contributed by atoms with E-state index < -0.39 is 0 Å². The molecule has 2 aliphatic rings. The van der Waals surface area contributed by atoms with Gasteiger partial charge in [-0.15, -0.1) is 0 Å². The minimum absolute atomic E-state index is 0.196. The molecule has 2 N–H and O–H groups in total. The first-order chi connectivity index (χ1) is 26.0. The third-order valence-electron chi connectivity index (χ3n) is 10.7. The lowest BCUT2D eigenvalue weighted by Crippen LogP contribution is -2.02. The van der Waals surface area contributed by atoms with E-state index in [-0.39, 0.29) is 5.92 Å². The number of benzene rings is 4. The molecule has 1 unspecified atom stereocenters. The first-order valence-corrected chi connectivity index (χ1v) is 19.0. The molecule has 0 fully saturated rings. The number of hydrogen-bond acceptors (Lipinski definition) is 1.